The van der Waals surface area contributed by atoms with Gasteiger partial charge in [0.25, 0.3) is 0 Å². The van der Waals surface area contributed by atoms with Gasteiger partial charge in [-0.15, -0.1) is 0 Å². The third kappa shape index (κ3) is 5.98. The van der Waals surface area contributed by atoms with Crippen molar-refractivity contribution in [3.63, 3.8) is 0 Å². The fraction of sp³-hybridized carbons (Fsp3) is 0.667. The Labute approximate surface area is 158 Å². The highest BCUT2D eigenvalue weighted by molar-refractivity contribution is 5.46. The highest BCUT2D eigenvalue weighted by Crippen LogP contribution is 2.21. The van der Waals surface area contributed by atoms with E-state index in [1.165, 1.54) is 5.56 Å². The molecule has 1 saturated heterocycles. The maximum atomic E-state index is 8.70. The number of nitrogens with one attached hydrogen (secondary N) is 1. The van der Waals surface area contributed by atoms with Crippen molar-refractivity contribution in [1.29, 1.82) is 5.26 Å². The summed E-state index contributed by atoms with van der Waals surface area (Å²) < 4.78 is 5.86. The third-order valence-corrected chi connectivity index (χ3v) is 5.10. The predicted octanol–water partition coefficient (Wildman–Crippen LogP) is 3.01. The summed E-state index contributed by atoms with van der Waals surface area (Å²) in [5.74, 6) is 0. The maximum absolute atomic E-state index is 8.70. The van der Waals surface area contributed by atoms with Crippen LogP contribution < -0.4 is 10.2 Å². The van der Waals surface area contributed by atoms with Crippen molar-refractivity contribution in [2.24, 2.45) is 0 Å². The lowest BCUT2D eigenvalue weighted by Crippen LogP contribution is -2.58. The summed E-state index contributed by atoms with van der Waals surface area (Å²) in [6.07, 6.45) is 1.14. The highest BCUT2D eigenvalue weighted by Gasteiger charge is 2.32. The Hall–Kier alpha value is -1.61. The first-order valence-electron chi connectivity index (χ1n) is 9.60. The normalized spacial score (nSPS) is 21.4. The molecule has 1 heterocycles. The second kappa shape index (κ2) is 9.36. The third-order valence-electron chi connectivity index (χ3n) is 5.10. The molecule has 1 fully saturated rings. The quantitative estimate of drug-likeness (QED) is 0.774. The standard InChI is InChI=1S/C21H34N4O/c1-17-14-25(15-18(2)26-17)21(3,4)16-23-13-19-7-9-20(10-8-19)24(5)12-6-11-22/h7-10,17-18,23H,6,12-16H2,1-5H3. The van der Waals surface area contributed by atoms with E-state index in [2.05, 4.69) is 73.1 Å². The average molecular weight is 359 g/mol. The van der Waals surface area contributed by atoms with Crippen LogP contribution in [0.1, 0.15) is 39.7 Å². The minimum absolute atomic E-state index is 0.101. The molecule has 1 aliphatic heterocycles. The first-order chi connectivity index (χ1) is 12.3. The number of nitrogens with zero attached hydrogens (tertiary/aromatic N) is 3. The Morgan fingerprint density at radius 2 is 1.85 bits per heavy atom. The van der Waals surface area contributed by atoms with Gasteiger partial charge in [-0.25, -0.2) is 0 Å². The minimum Gasteiger partial charge on any atom is -0.374 e. The van der Waals surface area contributed by atoms with Crippen LogP contribution in [0.5, 0.6) is 0 Å². The molecule has 0 radical (unpaired) electrons. The largest absolute Gasteiger partial charge is 0.374 e. The number of ether oxygens (including phenoxy) is 1. The number of hydrogen-bond donors (Lipinski definition) is 1. The lowest BCUT2D eigenvalue weighted by molar-refractivity contribution is -0.0952. The van der Waals surface area contributed by atoms with Gasteiger partial charge in [-0.1, -0.05) is 12.1 Å². The SMILES string of the molecule is CC1CN(C(C)(C)CNCc2ccc(N(C)CCC#N)cc2)CC(C)O1. The summed E-state index contributed by atoms with van der Waals surface area (Å²) >= 11 is 0. The molecule has 2 atom stereocenters. The monoisotopic (exact) mass is 358 g/mol. The molecule has 2 unspecified atom stereocenters. The molecule has 1 N–H and O–H groups in total. The Kier molecular flexibility index (Phi) is 7.45. The summed E-state index contributed by atoms with van der Waals surface area (Å²) in [6.45, 7) is 13.5. The highest BCUT2D eigenvalue weighted by atomic mass is 16.5. The molecular formula is C21H34N4O. The number of anilines is 1. The van der Waals surface area contributed by atoms with Crippen molar-refractivity contribution in [2.75, 3.05) is 38.1 Å². The van der Waals surface area contributed by atoms with Crippen LogP contribution in [0.3, 0.4) is 0 Å². The number of rotatable bonds is 8. The smallest absolute Gasteiger partial charge is 0.0678 e. The molecule has 0 bridgehead atoms. The topological polar surface area (TPSA) is 51.5 Å². The minimum atomic E-state index is 0.101. The summed E-state index contributed by atoms with van der Waals surface area (Å²) in [5, 5.41) is 12.3. The zero-order valence-corrected chi connectivity index (χ0v) is 17.0. The van der Waals surface area contributed by atoms with Crippen molar-refractivity contribution < 1.29 is 4.74 Å². The zero-order valence-electron chi connectivity index (χ0n) is 17.0. The Balaban J connectivity index is 1.82. The molecule has 5 nitrogen and oxygen atoms in total. The van der Waals surface area contributed by atoms with E-state index in [-0.39, 0.29) is 5.54 Å². The van der Waals surface area contributed by atoms with Crippen LogP contribution >= 0.6 is 0 Å². The number of nitriles is 1. The van der Waals surface area contributed by atoms with Crippen molar-refractivity contribution in [1.82, 2.24) is 10.2 Å². The van der Waals surface area contributed by atoms with E-state index >= 15 is 0 Å². The molecule has 2 rings (SSSR count). The second-order valence-corrected chi connectivity index (χ2v) is 8.07. The van der Waals surface area contributed by atoms with E-state index in [0.29, 0.717) is 18.6 Å². The molecule has 1 aromatic rings. The zero-order chi connectivity index (χ0) is 19.2. The van der Waals surface area contributed by atoms with Gasteiger partial charge in [-0.3, -0.25) is 4.90 Å². The first-order valence-corrected chi connectivity index (χ1v) is 9.60. The fourth-order valence-corrected chi connectivity index (χ4v) is 3.51. The molecule has 1 aromatic carbocycles. The number of hydrogen-bond acceptors (Lipinski definition) is 5. The van der Waals surface area contributed by atoms with E-state index in [9.17, 15) is 0 Å². The fourth-order valence-electron chi connectivity index (χ4n) is 3.51. The van der Waals surface area contributed by atoms with E-state index in [1.54, 1.807) is 0 Å². The van der Waals surface area contributed by atoms with E-state index in [1.807, 2.05) is 7.05 Å². The van der Waals surface area contributed by atoms with Gasteiger partial charge in [-0.2, -0.15) is 5.26 Å². The molecule has 26 heavy (non-hydrogen) atoms. The van der Waals surface area contributed by atoms with E-state index in [0.717, 1.165) is 38.4 Å². The molecule has 0 amide bonds. The second-order valence-electron chi connectivity index (χ2n) is 8.07. The molecule has 0 aliphatic carbocycles. The van der Waals surface area contributed by atoms with Gasteiger partial charge in [0.15, 0.2) is 0 Å². The van der Waals surface area contributed by atoms with Gasteiger partial charge in [-0.05, 0) is 45.4 Å². The Morgan fingerprint density at radius 3 is 2.42 bits per heavy atom. The van der Waals surface area contributed by atoms with Gasteiger partial charge in [0.1, 0.15) is 0 Å². The number of morpholine rings is 1. The van der Waals surface area contributed by atoms with Crippen LogP contribution in [-0.4, -0.2) is 55.9 Å². The van der Waals surface area contributed by atoms with Crippen LogP contribution in [0.25, 0.3) is 0 Å². The molecule has 5 heteroatoms. The predicted molar refractivity (Wildman–Crippen MR) is 107 cm³/mol. The van der Waals surface area contributed by atoms with Crippen LogP contribution in [0, 0.1) is 11.3 Å². The summed E-state index contributed by atoms with van der Waals surface area (Å²) in [4.78, 5) is 4.65. The van der Waals surface area contributed by atoms with Gasteiger partial charge in [0.2, 0.25) is 0 Å². The first kappa shape index (κ1) is 20.7. The Morgan fingerprint density at radius 1 is 1.23 bits per heavy atom. The summed E-state index contributed by atoms with van der Waals surface area (Å²) in [6, 6.07) is 10.8. The Bertz CT molecular complexity index is 583. The maximum Gasteiger partial charge on any atom is 0.0678 e. The molecule has 1 aliphatic rings. The van der Waals surface area contributed by atoms with Crippen LogP contribution in [-0.2, 0) is 11.3 Å². The van der Waals surface area contributed by atoms with Crippen molar-refractivity contribution in [3.8, 4) is 6.07 Å². The van der Waals surface area contributed by atoms with Crippen molar-refractivity contribution >= 4 is 5.69 Å². The van der Waals surface area contributed by atoms with Crippen LogP contribution in [0.2, 0.25) is 0 Å². The molecule has 144 valence electrons. The summed E-state index contributed by atoms with van der Waals surface area (Å²) in [5.41, 5.74) is 2.53. The van der Waals surface area contributed by atoms with Gasteiger partial charge in [0.05, 0.1) is 24.7 Å². The van der Waals surface area contributed by atoms with Crippen molar-refractivity contribution in [3.05, 3.63) is 29.8 Å². The van der Waals surface area contributed by atoms with E-state index < -0.39 is 0 Å². The van der Waals surface area contributed by atoms with Crippen LogP contribution in [0.15, 0.2) is 24.3 Å². The van der Waals surface area contributed by atoms with Crippen molar-refractivity contribution in [2.45, 2.75) is 58.4 Å². The lowest BCUT2D eigenvalue weighted by Gasteiger charge is -2.45. The lowest BCUT2D eigenvalue weighted by atomic mass is 10.00. The number of benzene rings is 1. The molecule has 0 spiro atoms. The molecular weight excluding hydrogens is 324 g/mol. The van der Waals surface area contributed by atoms with Gasteiger partial charge < -0.3 is 15.0 Å². The summed E-state index contributed by atoms with van der Waals surface area (Å²) in [7, 11) is 2.03. The molecule has 0 saturated carbocycles. The van der Waals surface area contributed by atoms with Gasteiger partial charge in [0, 0.05) is 51.0 Å². The van der Waals surface area contributed by atoms with Gasteiger partial charge >= 0.3 is 0 Å². The molecule has 0 aromatic heterocycles. The van der Waals surface area contributed by atoms with Crippen LogP contribution in [0.4, 0.5) is 5.69 Å². The average Bonchev–Trinajstić information content (AvgIpc) is 2.59. The van der Waals surface area contributed by atoms with E-state index in [4.69, 9.17) is 10.00 Å².